The molecule has 2 N–H and O–H groups in total. The number of pyridine rings is 1. The first-order chi connectivity index (χ1) is 10.2. The molecule has 0 saturated carbocycles. The number of amides is 1. The van der Waals surface area contributed by atoms with Gasteiger partial charge in [0.1, 0.15) is 5.82 Å². The number of halogens is 1. The van der Waals surface area contributed by atoms with Crippen LogP contribution < -0.4 is 5.32 Å². The van der Waals surface area contributed by atoms with Crippen LogP contribution in [0, 0.1) is 0 Å². The van der Waals surface area contributed by atoms with E-state index >= 15 is 0 Å². The molecule has 0 aromatic carbocycles. The van der Waals surface area contributed by atoms with Crippen molar-refractivity contribution in [3.63, 3.8) is 0 Å². The van der Waals surface area contributed by atoms with Crippen LogP contribution in [-0.2, 0) is 9.53 Å². The number of rotatable bonds is 6. The van der Waals surface area contributed by atoms with Crippen LogP contribution in [0.15, 0.2) is 18.3 Å². The maximum absolute atomic E-state index is 12.0. The first-order valence-corrected chi connectivity index (χ1v) is 7.41. The number of hydrogen-bond acceptors (Lipinski definition) is 5. The Morgan fingerprint density at radius 1 is 1.57 bits per heavy atom. The molecular formula is C14H20ClN3O3. The second kappa shape index (κ2) is 8.29. The van der Waals surface area contributed by atoms with Gasteiger partial charge < -0.3 is 15.2 Å². The lowest BCUT2D eigenvalue weighted by Gasteiger charge is -2.31. The summed E-state index contributed by atoms with van der Waals surface area (Å²) in [5, 5.41) is 12.1. The summed E-state index contributed by atoms with van der Waals surface area (Å²) in [6.07, 6.45) is 3.54. The summed E-state index contributed by atoms with van der Waals surface area (Å²) < 4.78 is 5.52. The third kappa shape index (κ3) is 5.59. The van der Waals surface area contributed by atoms with E-state index < -0.39 is 0 Å². The minimum Gasteiger partial charge on any atom is -0.394 e. The summed E-state index contributed by atoms with van der Waals surface area (Å²) in [7, 11) is 0. The number of hydrogen-bond donors (Lipinski definition) is 2. The zero-order valence-electron chi connectivity index (χ0n) is 11.8. The molecule has 1 aliphatic heterocycles. The molecule has 116 valence electrons. The number of anilines is 1. The topological polar surface area (TPSA) is 74.7 Å². The van der Waals surface area contributed by atoms with Gasteiger partial charge in [0.2, 0.25) is 5.91 Å². The van der Waals surface area contributed by atoms with Crippen molar-refractivity contribution in [3.05, 3.63) is 23.4 Å². The van der Waals surface area contributed by atoms with E-state index in [2.05, 4.69) is 15.2 Å². The first kappa shape index (κ1) is 16.2. The van der Waals surface area contributed by atoms with Crippen LogP contribution in [0.5, 0.6) is 0 Å². The predicted octanol–water partition coefficient (Wildman–Crippen LogP) is 1.15. The lowest BCUT2D eigenvalue weighted by molar-refractivity contribution is -0.118. The quantitative estimate of drug-likeness (QED) is 0.824. The molecule has 7 heteroatoms. The Bertz CT molecular complexity index is 455. The Kier molecular flexibility index (Phi) is 6.38. The Morgan fingerprint density at radius 3 is 3.14 bits per heavy atom. The summed E-state index contributed by atoms with van der Waals surface area (Å²) in [6.45, 7) is 2.27. The standard InChI is InChI=1S/C14H20ClN3O3/c15-11-3-4-13(16-8-11)17-14(20)10-18-5-1-2-12(9-18)21-7-6-19/h3-4,8,12,19H,1-2,5-7,9-10H2,(H,16,17,20)/t12-/m0/s1. The maximum Gasteiger partial charge on any atom is 0.239 e. The van der Waals surface area contributed by atoms with Gasteiger partial charge in [0.15, 0.2) is 0 Å². The molecule has 0 spiro atoms. The highest BCUT2D eigenvalue weighted by Crippen LogP contribution is 2.13. The lowest BCUT2D eigenvalue weighted by atomic mass is 10.1. The Labute approximate surface area is 129 Å². The molecule has 0 radical (unpaired) electrons. The average Bonchev–Trinajstić information content (AvgIpc) is 2.48. The molecule has 0 aliphatic carbocycles. The molecule has 21 heavy (non-hydrogen) atoms. The van der Waals surface area contributed by atoms with Gasteiger partial charge in [-0.1, -0.05) is 11.6 Å². The number of ether oxygens (including phenoxy) is 1. The average molecular weight is 314 g/mol. The van der Waals surface area contributed by atoms with Crippen molar-refractivity contribution in [1.82, 2.24) is 9.88 Å². The third-order valence-corrected chi connectivity index (χ3v) is 3.49. The highest BCUT2D eigenvalue weighted by Gasteiger charge is 2.22. The molecule has 1 aliphatic rings. The largest absolute Gasteiger partial charge is 0.394 e. The van der Waals surface area contributed by atoms with Crippen LogP contribution in [0.1, 0.15) is 12.8 Å². The molecule has 1 aromatic heterocycles. The van der Waals surface area contributed by atoms with Gasteiger partial charge in [0, 0.05) is 12.7 Å². The van der Waals surface area contributed by atoms with Crippen LogP contribution in [0.2, 0.25) is 5.02 Å². The SMILES string of the molecule is O=C(CN1CCC[C@H](OCCO)C1)Nc1ccc(Cl)cn1. The first-order valence-electron chi connectivity index (χ1n) is 7.03. The van der Waals surface area contributed by atoms with Crippen LogP contribution in [0.3, 0.4) is 0 Å². The zero-order valence-corrected chi connectivity index (χ0v) is 12.6. The van der Waals surface area contributed by atoms with Crippen molar-refractivity contribution in [2.24, 2.45) is 0 Å². The predicted molar refractivity (Wildman–Crippen MR) is 80.4 cm³/mol. The Morgan fingerprint density at radius 2 is 2.43 bits per heavy atom. The van der Waals surface area contributed by atoms with Gasteiger partial charge in [-0.25, -0.2) is 4.98 Å². The molecule has 6 nitrogen and oxygen atoms in total. The highest BCUT2D eigenvalue weighted by molar-refractivity contribution is 6.30. The van der Waals surface area contributed by atoms with Crippen LogP contribution in [-0.4, -0.2) is 59.8 Å². The molecule has 1 fully saturated rings. The minimum atomic E-state index is -0.104. The van der Waals surface area contributed by atoms with Gasteiger partial charge in [-0.05, 0) is 31.5 Å². The van der Waals surface area contributed by atoms with Crippen molar-refractivity contribution in [1.29, 1.82) is 0 Å². The van der Waals surface area contributed by atoms with E-state index in [1.54, 1.807) is 12.1 Å². The molecule has 2 rings (SSSR count). The second-order valence-electron chi connectivity index (χ2n) is 5.00. The smallest absolute Gasteiger partial charge is 0.239 e. The van der Waals surface area contributed by atoms with Gasteiger partial charge >= 0.3 is 0 Å². The van der Waals surface area contributed by atoms with E-state index in [1.165, 1.54) is 6.20 Å². The normalized spacial score (nSPS) is 19.4. The monoisotopic (exact) mass is 313 g/mol. The van der Waals surface area contributed by atoms with Crippen molar-refractivity contribution >= 4 is 23.3 Å². The van der Waals surface area contributed by atoms with Crippen molar-refractivity contribution in [2.75, 3.05) is 38.2 Å². The van der Waals surface area contributed by atoms with Gasteiger partial charge in [-0.2, -0.15) is 0 Å². The zero-order chi connectivity index (χ0) is 15.1. The molecular weight excluding hydrogens is 294 g/mol. The van der Waals surface area contributed by atoms with Crippen molar-refractivity contribution in [2.45, 2.75) is 18.9 Å². The molecule has 1 atom stereocenters. The van der Waals surface area contributed by atoms with E-state index in [0.29, 0.717) is 30.5 Å². The number of aromatic nitrogens is 1. The van der Waals surface area contributed by atoms with E-state index in [0.717, 1.165) is 19.4 Å². The maximum atomic E-state index is 12.0. The molecule has 1 amide bonds. The van der Waals surface area contributed by atoms with Crippen molar-refractivity contribution < 1.29 is 14.6 Å². The van der Waals surface area contributed by atoms with E-state index in [-0.39, 0.29) is 18.6 Å². The van der Waals surface area contributed by atoms with Crippen LogP contribution in [0.4, 0.5) is 5.82 Å². The summed E-state index contributed by atoms with van der Waals surface area (Å²) in [5.74, 6) is 0.391. The molecule has 0 bridgehead atoms. The number of carbonyl (C=O) groups excluding carboxylic acids is 1. The molecule has 0 unspecified atom stereocenters. The fourth-order valence-electron chi connectivity index (χ4n) is 2.35. The van der Waals surface area contributed by atoms with Gasteiger partial charge in [-0.3, -0.25) is 9.69 Å². The van der Waals surface area contributed by atoms with Crippen molar-refractivity contribution in [3.8, 4) is 0 Å². The number of piperidine rings is 1. The van der Waals surface area contributed by atoms with Crippen LogP contribution >= 0.6 is 11.6 Å². The van der Waals surface area contributed by atoms with E-state index in [4.69, 9.17) is 21.4 Å². The van der Waals surface area contributed by atoms with Gasteiger partial charge in [0.05, 0.1) is 30.9 Å². The number of aliphatic hydroxyl groups is 1. The number of nitrogens with zero attached hydrogens (tertiary/aromatic N) is 2. The van der Waals surface area contributed by atoms with Crippen LogP contribution in [0.25, 0.3) is 0 Å². The van der Waals surface area contributed by atoms with Gasteiger partial charge in [-0.15, -0.1) is 0 Å². The number of nitrogens with one attached hydrogen (secondary N) is 1. The second-order valence-corrected chi connectivity index (χ2v) is 5.44. The Balaban J connectivity index is 1.77. The summed E-state index contributed by atoms with van der Waals surface area (Å²) in [6, 6.07) is 3.35. The lowest BCUT2D eigenvalue weighted by Crippen LogP contribution is -2.43. The number of aliphatic hydroxyl groups excluding tert-OH is 1. The Hall–Kier alpha value is -1.21. The number of likely N-dealkylation sites (tertiary alicyclic amines) is 1. The fourth-order valence-corrected chi connectivity index (χ4v) is 2.46. The minimum absolute atomic E-state index is 0.0270. The summed E-state index contributed by atoms with van der Waals surface area (Å²) in [4.78, 5) is 18.1. The summed E-state index contributed by atoms with van der Waals surface area (Å²) in [5.41, 5.74) is 0. The van der Waals surface area contributed by atoms with E-state index in [1.807, 2.05) is 0 Å². The van der Waals surface area contributed by atoms with Gasteiger partial charge in [0.25, 0.3) is 0 Å². The number of carbonyl (C=O) groups is 1. The molecule has 1 aromatic rings. The van der Waals surface area contributed by atoms with E-state index in [9.17, 15) is 4.79 Å². The fraction of sp³-hybridized carbons (Fsp3) is 0.571. The highest BCUT2D eigenvalue weighted by atomic mass is 35.5. The molecule has 2 heterocycles. The molecule has 1 saturated heterocycles. The third-order valence-electron chi connectivity index (χ3n) is 3.27. The summed E-state index contributed by atoms with van der Waals surface area (Å²) >= 11 is 5.75.